The summed E-state index contributed by atoms with van der Waals surface area (Å²) in [4.78, 5) is 15.6. The zero-order valence-corrected chi connectivity index (χ0v) is 10.1. The number of hydrogen-bond donors (Lipinski definition) is 1. The number of rotatable bonds is 3. The lowest BCUT2D eigenvalue weighted by atomic mass is 10.2. The average Bonchev–Trinajstić information content (AvgIpc) is 2.82. The molecular formula is C11H8Cl2N2O2. The summed E-state index contributed by atoms with van der Waals surface area (Å²) in [5.41, 5.74) is 1.17. The van der Waals surface area contributed by atoms with Crippen molar-refractivity contribution in [2.45, 2.75) is 6.54 Å². The lowest BCUT2D eigenvalue weighted by Gasteiger charge is -2.05. The number of carbonyl (C=O) groups is 1. The molecule has 0 radical (unpaired) electrons. The molecule has 0 saturated carbocycles. The van der Waals surface area contributed by atoms with Crippen LogP contribution < -0.4 is 5.32 Å². The van der Waals surface area contributed by atoms with Crippen LogP contribution >= 0.6 is 23.2 Å². The highest BCUT2D eigenvalue weighted by molar-refractivity contribution is 6.35. The lowest BCUT2D eigenvalue weighted by molar-refractivity contribution is 0.0951. The first-order valence-corrected chi connectivity index (χ1v) is 5.53. The van der Waals surface area contributed by atoms with E-state index in [1.807, 2.05) is 0 Å². The molecule has 88 valence electrons. The molecule has 17 heavy (non-hydrogen) atoms. The number of pyridine rings is 1. The van der Waals surface area contributed by atoms with Crippen LogP contribution in [0.25, 0.3) is 0 Å². The van der Waals surface area contributed by atoms with Crippen LogP contribution in [-0.2, 0) is 6.54 Å². The highest BCUT2D eigenvalue weighted by Crippen LogP contribution is 2.18. The van der Waals surface area contributed by atoms with Crippen molar-refractivity contribution >= 4 is 29.1 Å². The van der Waals surface area contributed by atoms with E-state index in [1.54, 1.807) is 12.3 Å². The maximum atomic E-state index is 11.8. The van der Waals surface area contributed by atoms with Gasteiger partial charge >= 0.3 is 0 Å². The Labute approximate surface area is 108 Å². The van der Waals surface area contributed by atoms with Gasteiger partial charge in [0, 0.05) is 18.3 Å². The standard InChI is InChI=1S/C11H8Cl2N2O2/c12-9-5-14-10(13)3-8(9)11(16)15-4-7-1-2-17-6-7/h1-3,5-6H,4H2,(H,15,16). The highest BCUT2D eigenvalue weighted by atomic mass is 35.5. The minimum atomic E-state index is -0.305. The van der Waals surface area contributed by atoms with Gasteiger partial charge in [-0.25, -0.2) is 4.98 Å². The smallest absolute Gasteiger partial charge is 0.253 e. The first-order valence-electron chi connectivity index (χ1n) is 4.77. The molecule has 0 saturated heterocycles. The summed E-state index contributed by atoms with van der Waals surface area (Å²) in [6.07, 6.45) is 4.44. The number of nitrogens with zero attached hydrogens (tertiary/aromatic N) is 1. The van der Waals surface area contributed by atoms with E-state index in [2.05, 4.69) is 10.3 Å². The molecule has 0 aliphatic heterocycles. The molecule has 0 fully saturated rings. The van der Waals surface area contributed by atoms with Gasteiger partial charge in [-0.2, -0.15) is 0 Å². The molecule has 2 aromatic rings. The second kappa shape index (κ2) is 5.21. The number of nitrogens with one attached hydrogen (secondary N) is 1. The Kier molecular flexibility index (Phi) is 3.66. The predicted octanol–water partition coefficient (Wildman–Crippen LogP) is 2.91. The van der Waals surface area contributed by atoms with Crippen molar-refractivity contribution in [2.24, 2.45) is 0 Å². The number of amides is 1. The molecule has 1 N–H and O–H groups in total. The maximum absolute atomic E-state index is 11.8. The van der Waals surface area contributed by atoms with Gasteiger partial charge in [0.05, 0.1) is 23.1 Å². The Morgan fingerprint density at radius 2 is 2.29 bits per heavy atom. The van der Waals surface area contributed by atoms with Crippen molar-refractivity contribution in [3.05, 3.63) is 52.2 Å². The van der Waals surface area contributed by atoms with E-state index in [-0.39, 0.29) is 16.1 Å². The van der Waals surface area contributed by atoms with Crippen molar-refractivity contribution in [1.82, 2.24) is 10.3 Å². The van der Waals surface area contributed by atoms with Gasteiger partial charge in [-0.3, -0.25) is 4.79 Å². The van der Waals surface area contributed by atoms with Crippen molar-refractivity contribution < 1.29 is 9.21 Å². The molecule has 4 nitrogen and oxygen atoms in total. The topological polar surface area (TPSA) is 55.1 Å². The quantitative estimate of drug-likeness (QED) is 0.873. The number of hydrogen-bond acceptors (Lipinski definition) is 3. The van der Waals surface area contributed by atoms with Crippen LogP contribution in [0.15, 0.2) is 35.3 Å². The van der Waals surface area contributed by atoms with Crippen LogP contribution in [0.3, 0.4) is 0 Å². The normalized spacial score (nSPS) is 10.2. The Morgan fingerprint density at radius 1 is 1.47 bits per heavy atom. The van der Waals surface area contributed by atoms with E-state index in [0.717, 1.165) is 5.56 Å². The molecule has 1 amide bonds. The summed E-state index contributed by atoms with van der Waals surface area (Å²) in [6.45, 7) is 0.367. The number of furan rings is 1. The molecule has 2 heterocycles. The lowest BCUT2D eigenvalue weighted by Crippen LogP contribution is -2.23. The average molecular weight is 271 g/mol. The summed E-state index contributed by atoms with van der Waals surface area (Å²) < 4.78 is 4.89. The van der Waals surface area contributed by atoms with Crippen LogP contribution in [0, 0.1) is 0 Å². The first-order chi connectivity index (χ1) is 8.16. The third-order valence-corrected chi connectivity index (χ3v) is 2.61. The fourth-order valence-corrected chi connectivity index (χ4v) is 1.61. The highest BCUT2D eigenvalue weighted by Gasteiger charge is 2.11. The minimum absolute atomic E-state index is 0.225. The molecule has 0 aromatic carbocycles. The van der Waals surface area contributed by atoms with E-state index in [9.17, 15) is 4.79 Å². The fourth-order valence-electron chi connectivity index (χ4n) is 1.26. The fraction of sp³-hybridized carbons (Fsp3) is 0.0909. The van der Waals surface area contributed by atoms with E-state index in [0.29, 0.717) is 12.1 Å². The van der Waals surface area contributed by atoms with Crippen LogP contribution in [0.2, 0.25) is 10.2 Å². The molecule has 0 aliphatic carbocycles. The maximum Gasteiger partial charge on any atom is 0.253 e. The molecule has 0 bridgehead atoms. The molecule has 0 aliphatic rings. The van der Waals surface area contributed by atoms with E-state index >= 15 is 0 Å². The Morgan fingerprint density at radius 3 is 3.00 bits per heavy atom. The molecule has 0 atom stereocenters. The van der Waals surface area contributed by atoms with Gasteiger partial charge in [0.25, 0.3) is 5.91 Å². The minimum Gasteiger partial charge on any atom is -0.472 e. The molecule has 0 spiro atoms. The van der Waals surface area contributed by atoms with Crippen molar-refractivity contribution in [3.63, 3.8) is 0 Å². The van der Waals surface area contributed by atoms with Crippen molar-refractivity contribution in [3.8, 4) is 0 Å². The van der Waals surface area contributed by atoms with Crippen LogP contribution in [0.4, 0.5) is 0 Å². The zero-order valence-electron chi connectivity index (χ0n) is 8.61. The predicted molar refractivity (Wildman–Crippen MR) is 64.1 cm³/mol. The first kappa shape index (κ1) is 12.0. The number of halogens is 2. The van der Waals surface area contributed by atoms with Gasteiger partial charge in [-0.05, 0) is 12.1 Å². The van der Waals surface area contributed by atoms with Gasteiger partial charge in [0.1, 0.15) is 5.15 Å². The second-order valence-corrected chi connectivity index (χ2v) is 4.10. The van der Waals surface area contributed by atoms with Gasteiger partial charge in [0.15, 0.2) is 0 Å². The molecule has 6 heteroatoms. The van der Waals surface area contributed by atoms with Crippen molar-refractivity contribution in [2.75, 3.05) is 0 Å². The van der Waals surface area contributed by atoms with E-state index < -0.39 is 0 Å². The Hall–Kier alpha value is -1.52. The third-order valence-electron chi connectivity index (χ3n) is 2.10. The summed E-state index contributed by atoms with van der Waals surface area (Å²) in [6, 6.07) is 3.19. The molecule has 0 unspecified atom stereocenters. The summed E-state index contributed by atoms with van der Waals surface area (Å²) >= 11 is 11.5. The Balaban J connectivity index is 2.07. The van der Waals surface area contributed by atoms with E-state index in [1.165, 1.54) is 18.5 Å². The summed E-state index contributed by atoms with van der Waals surface area (Å²) in [7, 11) is 0. The number of aromatic nitrogens is 1. The monoisotopic (exact) mass is 270 g/mol. The molecule has 2 aromatic heterocycles. The van der Waals surface area contributed by atoms with Gasteiger partial charge in [-0.1, -0.05) is 23.2 Å². The van der Waals surface area contributed by atoms with Gasteiger partial charge in [0.2, 0.25) is 0 Å². The van der Waals surface area contributed by atoms with E-state index in [4.69, 9.17) is 27.6 Å². The van der Waals surface area contributed by atoms with Crippen LogP contribution in [-0.4, -0.2) is 10.9 Å². The molecular weight excluding hydrogens is 263 g/mol. The summed E-state index contributed by atoms with van der Waals surface area (Å²) in [5.74, 6) is -0.305. The van der Waals surface area contributed by atoms with Crippen LogP contribution in [0.1, 0.15) is 15.9 Å². The second-order valence-electron chi connectivity index (χ2n) is 3.30. The van der Waals surface area contributed by atoms with Crippen LogP contribution in [0.5, 0.6) is 0 Å². The summed E-state index contributed by atoms with van der Waals surface area (Å²) in [5, 5.41) is 3.19. The largest absolute Gasteiger partial charge is 0.472 e. The van der Waals surface area contributed by atoms with Gasteiger partial charge < -0.3 is 9.73 Å². The Bertz CT molecular complexity index is 526. The molecule has 2 rings (SSSR count). The van der Waals surface area contributed by atoms with Crippen molar-refractivity contribution in [1.29, 1.82) is 0 Å². The van der Waals surface area contributed by atoms with Gasteiger partial charge in [-0.15, -0.1) is 0 Å². The third kappa shape index (κ3) is 2.99. The SMILES string of the molecule is O=C(NCc1ccoc1)c1cc(Cl)ncc1Cl. The zero-order chi connectivity index (χ0) is 12.3. The number of carbonyl (C=O) groups excluding carboxylic acids is 1.